The van der Waals surface area contributed by atoms with Gasteiger partial charge in [-0.1, -0.05) is 98.6 Å². The molecule has 4 bridgehead atoms. The van der Waals surface area contributed by atoms with Gasteiger partial charge in [-0.25, -0.2) is 4.79 Å². The largest absolute Gasteiger partial charge is 0.444 e. The van der Waals surface area contributed by atoms with E-state index in [1.54, 1.807) is 57.2 Å². The van der Waals surface area contributed by atoms with E-state index in [2.05, 4.69) is 10.6 Å². The second-order valence-corrected chi connectivity index (χ2v) is 20.3. The zero-order chi connectivity index (χ0) is 52.5. The predicted molar refractivity (Wildman–Crippen MR) is 268 cm³/mol. The molecule has 4 aromatic rings. The number of alkyl carbamates (subject to hydrolysis) is 1. The number of aryl methyl sites for hydroxylation is 2. The molecule has 1 aliphatic heterocycles. The smallest absolute Gasteiger partial charge is 0.407 e. The van der Waals surface area contributed by atoms with Crippen molar-refractivity contribution in [3.05, 3.63) is 118 Å². The molecule has 5 N–H and O–H groups in total. The number of carbonyl (C=O) groups is 7. The number of nitrogens with one attached hydrogen (secondary N) is 2. The molecule has 380 valence electrons. The first-order chi connectivity index (χ1) is 33.3. The highest BCUT2D eigenvalue weighted by molar-refractivity contribution is 6.30. The van der Waals surface area contributed by atoms with E-state index in [4.69, 9.17) is 22.1 Å². The Kier molecular flexibility index (Phi) is 18.6. The number of aliphatic hydroxyl groups excluding tert-OH is 1. The number of carbonyl (C=O) groups excluding carboxylic acids is 7. The fourth-order valence-corrected chi connectivity index (χ4v) is 8.89. The van der Waals surface area contributed by atoms with Gasteiger partial charge in [0.2, 0.25) is 11.8 Å². The van der Waals surface area contributed by atoms with E-state index >= 15 is 0 Å². The van der Waals surface area contributed by atoms with Gasteiger partial charge in [0.25, 0.3) is 5.91 Å². The van der Waals surface area contributed by atoms with Crippen molar-refractivity contribution in [1.82, 2.24) is 15.5 Å². The van der Waals surface area contributed by atoms with E-state index in [0.717, 1.165) is 33.4 Å². The van der Waals surface area contributed by atoms with E-state index in [1.165, 1.54) is 25.8 Å². The molecule has 16 heteroatoms. The molecule has 6 atom stereocenters. The molecule has 1 heterocycles. The van der Waals surface area contributed by atoms with Crippen LogP contribution in [0.2, 0.25) is 5.02 Å². The lowest BCUT2D eigenvalue weighted by Gasteiger charge is -2.32. The fourth-order valence-electron chi connectivity index (χ4n) is 8.77. The Labute approximate surface area is 419 Å². The number of nitrogens with two attached hydrogens (primary N) is 1. The first-order valence-electron chi connectivity index (χ1n) is 23.8. The monoisotopic (exact) mass is 998 g/mol. The summed E-state index contributed by atoms with van der Waals surface area (Å²) in [5, 5.41) is 16.4. The Bertz CT molecular complexity index is 2620. The average Bonchev–Trinajstić information content (AvgIpc) is 3.30. The molecule has 0 aliphatic carbocycles. The second-order valence-electron chi connectivity index (χ2n) is 19.8. The Morgan fingerprint density at radius 2 is 1.46 bits per heavy atom. The molecular weight excluding hydrogens is 934 g/mol. The number of ether oxygens (including phenoxy) is 1. The Hall–Kier alpha value is -6.32. The average molecular weight is 1000 g/mol. The van der Waals surface area contributed by atoms with Gasteiger partial charge in [0.1, 0.15) is 17.7 Å². The molecule has 5 rings (SSSR count). The van der Waals surface area contributed by atoms with Crippen LogP contribution in [0.1, 0.15) is 112 Å². The van der Waals surface area contributed by atoms with Crippen LogP contribution in [0, 0.1) is 31.6 Å². The number of amides is 4. The molecule has 13 nitrogen and oxygen atoms in total. The van der Waals surface area contributed by atoms with Gasteiger partial charge in [0.15, 0.2) is 17.3 Å². The maximum atomic E-state index is 15.0. The van der Waals surface area contributed by atoms with Crippen molar-refractivity contribution in [2.45, 2.75) is 123 Å². The van der Waals surface area contributed by atoms with Crippen LogP contribution in [0.3, 0.4) is 0 Å². The molecule has 4 aromatic carbocycles. The molecule has 0 aromatic heterocycles. The number of rotatable bonds is 17. The zero-order valence-electron chi connectivity index (χ0n) is 41.6. The topological polar surface area (TPSA) is 202 Å². The molecule has 1 unspecified atom stereocenters. The lowest BCUT2D eigenvalue weighted by atomic mass is 9.85. The third-order valence-electron chi connectivity index (χ3n) is 12.9. The van der Waals surface area contributed by atoms with Crippen LogP contribution in [0.4, 0.5) is 13.6 Å². The quantitative estimate of drug-likeness (QED) is 0.0588. The minimum atomic E-state index is -4.31. The maximum absolute atomic E-state index is 15.0. The molecule has 4 amide bonds. The second kappa shape index (κ2) is 23.7. The first-order valence-corrected chi connectivity index (χ1v) is 24.2. The van der Waals surface area contributed by atoms with Crippen LogP contribution in [0.25, 0.3) is 22.3 Å². The zero-order valence-corrected chi connectivity index (χ0v) is 42.3. The Balaban J connectivity index is 1.48. The maximum Gasteiger partial charge on any atom is 0.407 e. The van der Waals surface area contributed by atoms with Crippen LogP contribution in [0.5, 0.6) is 0 Å². The van der Waals surface area contributed by atoms with Gasteiger partial charge >= 0.3 is 12.0 Å². The van der Waals surface area contributed by atoms with Gasteiger partial charge in [-0.05, 0) is 123 Å². The summed E-state index contributed by atoms with van der Waals surface area (Å²) in [5.74, 6) is -12.4. The van der Waals surface area contributed by atoms with Crippen molar-refractivity contribution in [2.75, 3.05) is 13.6 Å². The summed E-state index contributed by atoms with van der Waals surface area (Å²) < 4.78 is 34.2. The minimum Gasteiger partial charge on any atom is -0.444 e. The van der Waals surface area contributed by atoms with Gasteiger partial charge < -0.3 is 31.1 Å². The molecule has 0 saturated heterocycles. The fraction of sp³-hybridized carbons (Fsp3) is 0.436. The van der Waals surface area contributed by atoms with Crippen LogP contribution >= 0.6 is 11.6 Å². The summed E-state index contributed by atoms with van der Waals surface area (Å²) in [6, 6.07) is 22.7. The SMILES string of the molecule is Cc1ccc2cc1-c1cc(ccc1C)[C@H](N(C)C(=O)[C@H](CCCCNC(=O)OC(C)(C)C)CC(=O)c1ccc(-c3ccc(Cl)cc3)cc1)C(=O)C[C@@H](C)C(=O)N[C@H](C(=O)C[C@@H](C)C(O)C(F)(F)C(N)=O)C2. The molecule has 0 fully saturated rings. The number of alkyl halides is 2. The van der Waals surface area contributed by atoms with E-state index in [-0.39, 0.29) is 38.0 Å². The summed E-state index contributed by atoms with van der Waals surface area (Å²) in [5.41, 5.74) is 10.5. The molecule has 1 aliphatic rings. The lowest BCUT2D eigenvalue weighted by molar-refractivity contribution is -0.166. The summed E-state index contributed by atoms with van der Waals surface area (Å²) in [7, 11) is 1.50. The first kappa shape index (κ1) is 55.6. The van der Waals surface area contributed by atoms with E-state index in [9.17, 15) is 47.4 Å². The minimum absolute atomic E-state index is 0.0597. The van der Waals surface area contributed by atoms with Crippen LogP contribution in [-0.2, 0) is 35.1 Å². The number of fused-ring (bicyclic) bond motifs is 5. The van der Waals surface area contributed by atoms with Gasteiger partial charge in [0.05, 0.1) is 6.04 Å². The summed E-state index contributed by atoms with van der Waals surface area (Å²) in [6.45, 7) is 12.0. The highest BCUT2D eigenvalue weighted by Crippen LogP contribution is 2.35. The van der Waals surface area contributed by atoms with E-state index < -0.39 is 89.3 Å². The van der Waals surface area contributed by atoms with Crippen molar-refractivity contribution < 1.29 is 52.2 Å². The predicted octanol–water partition coefficient (Wildman–Crippen LogP) is 9.09. The van der Waals surface area contributed by atoms with Gasteiger partial charge in [0, 0.05) is 55.3 Å². The number of hydrogen-bond acceptors (Lipinski definition) is 9. The van der Waals surface area contributed by atoms with E-state index in [0.29, 0.717) is 34.6 Å². The standard InChI is InChI=1S/C55H65ClF2N4O9/c1-31-12-14-35-27-42(31)43-29-39(15-13-32(43)2)48(47(65)26-34(4)50(67)61-44(28-35)46(64)25-33(3)49(66)55(57,58)52(59)69)62(8)51(68)40(11-9-10-24-60-53(70)71-54(5,6)7)30-45(63)38-18-16-36(17-19-38)37-20-22-41(56)23-21-37/h12-23,27,29,33-34,40,44,48-49,66H,9-11,24-26,28,30H2,1-8H3,(H2,59,69)(H,60,70)(H,61,67)/t33-,34-,40-,44+,48+,49?/m1/s1. The van der Waals surface area contributed by atoms with Crippen molar-refractivity contribution in [3.8, 4) is 22.3 Å². The number of ketones is 3. The molecule has 0 radical (unpaired) electrons. The molecule has 0 spiro atoms. The van der Waals surface area contributed by atoms with Gasteiger partial charge in [-0.3, -0.25) is 28.8 Å². The number of aliphatic hydroxyl groups is 1. The van der Waals surface area contributed by atoms with Crippen molar-refractivity contribution in [1.29, 1.82) is 0 Å². The van der Waals surface area contributed by atoms with Gasteiger partial charge in [-0.15, -0.1) is 0 Å². The van der Waals surface area contributed by atoms with Crippen molar-refractivity contribution in [2.24, 2.45) is 23.5 Å². The number of hydrogen-bond donors (Lipinski definition) is 4. The molecule has 71 heavy (non-hydrogen) atoms. The highest BCUT2D eigenvalue weighted by atomic mass is 35.5. The third kappa shape index (κ3) is 14.6. The summed E-state index contributed by atoms with van der Waals surface area (Å²) in [4.78, 5) is 96.9. The van der Waals surface area contributed by atoms with Crippen molar-refractivity contribution >= 4 is 52.8 Å². The molecular formula is C55H65ClF2N4O9. The number of unbranched alkanes of at least 4 members (excludes halogenated alkanes) is 1. The van der Waals surface area contributed by atoms with Crippen LogP contribution in [-0.4, -0.2) is 88.4 Å². The summed E-state index contributed by atoms with van der Waals surface area (Å²) in [6.07, 6.45) is -3.34. The lowest BCUT2D eigenvalue weighted by Crippen LogP contribution is -2.50. The van der Waals surface area contributed by atoms with E-state index in [1.807, 2.05) is 62.4 Å². The number of Topliss-reactive ketones (excluding diaryl/α,β-unsaturated/α-hetero) is 3. The number of benzene rings is 4. The Morgan fingerprint density at radius 1 is 0.873 bits per heavy atom. The number of halogens is 3. The Morgan fingerprint density at radius 3 is 2.07 bits per heavy atom. The number of primary amides is 1. The molecule has 0 saturated carbocycles. The van der Waals surface area contributed by atoms with Crippen LogP contribution in [0.15, 0.2) is 84.9 Å². The normalized spacial score (nSPS) is 17.7. The van der Waals surface area contributed by atoms with Crippen molar-refractivity contribution in [3.63, 3.8) is 0 Å². The summed E-state index contributed by atoms with van der Waals surface area (Å²) >= 11 is 6.09. The highest BCUT2D eigenvalue weighted by Gasteiger charge is 2.48. The van der Waals surface area contributed by atoms with Gasteiger partial charge in [-0.2, -0.15) is 8.78 Å². The van der Waals surface area contributed by atoms with Crippen LogP contribution < -0.4 is 16.4 Å². The third-order valence-corrected chi connectivity index (χ3v) is 13.1. The number of likely N-dealkylation sites (N-methyl/N-ethyl adjacent to an activating group) is 1. The number of nitrogens with zero attached hydrogens (tertiary/aromatic N) is 1.